The highest BCUT2D eigenvalue weighted by Gasteiger charge is 2.37. The molecule has 1 atom stereocenters. The van der Waals surface area contributed by atoms with Crippen LogP contribution in [0.3, 0.4) is 0 Å². The lowest BCUT2D eigenvalue weighted by Gasteiger charge is -2.33. The van der Waals surface area contributed by atoms with E-state index < -0.39 is 17.9 Å². The summed E-state index contributed by atoms with van der Waals surface area (Å²) in [5.74, 6) is -0.866. The standard InChI is InChI=1S/C28H33N5O5S/c1-16-8-7-11-19(14-16)33(28(36)25-22(29)23(26(30)34)32-39-25)24(27(35)31-18-9-5-4-6-10-18)17-12-13-20(37-2)21(15-17)38-3/h7-8,11-15,18,24H,4-6,9-10,29H2,1-3H3,(H2,30,34)(H,31,35)/t24-/m1/s1. The SMILES string of the molecule is COc1ccc([C@H](C(=O)NC2CCCCC2)N(C(=O)c2snc(C(N)=O)c2N)c2cccc(C)c2)cc1OC. The van der Waals surface area contributed by atoms with Gasteiger partial charge in [0.2, 0.25) is 5.91 Å². The topological polar surface area (TPSA) is 150 Å². The molecule has 0 aliphatic heterocycles. The van der Waals surface area contributed by atoms with E-state index in [2.05, 4.69) is 9.69 Å². The summed E-state index contributed by atoms with van der Waals surface area (Å²) in [6.07, 6.45) is 4.92. The van der Waals surface area contributed by atoms with Crippen LogP contribution in [0.15, 0.2) is 42.5 Å². The molecule has 1 aromatic heterocycles. The maximum Gasteiger partial charge on any atom is 0.273 e. The van der Waals surface area contributed by atoms with Gasteiger partial charge in [0.15, 0.2) is 17.2 Å². The molecular formula is C28H33N5O5S. The Morgan fingerprint density at radius 1 is 1.05 bits per heavy atom. The highest BCUT2D eigenvalue weighted by Crippen LogP contribution is 2.37. The Labute approximate surface area is 231 Å². The van der Waals surface area contributed by atoms with E-state index in [1.54, 1.807) is 30.3 Å². The van der Waals surface area contributed by atoms with E-state index in [4.69, 9.17) is 20.9 Å². The fraction of sp³-hybridized carbons (Fsp3) is 0.357. The van der Waals surface area contributed by atoms with Crippen LogP contribution >= 0.6 is 11.5 Å². The second kappa shape index (κ2) is 12.2. The van der Waals surface area contributed by atoms with Crippen LogP contribution in [-0.4, -0.2) is 42.4 Å². The van der Waals surface area contributed by atoms with Gasteiger partial charge < -0.3 is 26.3 Å². The van der Waals surface area contributed by atoms with Crippen molar-refractivity contribution < 1.29 is 23.9 Å². The fourth-order valence-electron chi connectivity index (χ4n) is 4.87. The summed E-state index contributed by atoms with van der Waals surface area (Å²) in [5.41, 5.74) is 13.1. The van der Waals surface area contributed by atoms with Crippen LogP contribution in [0.2, 0.25) is 0 Å². The van der Waals surface area contributed by atoms with E-state index in [9.17, 15) is 14.4 Å². The summed E-state index contributed by atoms with van der Waals surface area (Å²) in [5, 5.41) is 3.17. The first-order valence-electron chi connectivity index (χ1n) is 12.7. The fourth-order valence-corrected chi connectivity index (χ4v) is 5.61. The zero-order valence-corrected chi connectivity index (χ0v) is 23.0. The van der Waals surface area contributed by atoms with Crippen molar-refractivity contribution in [2.45, 2.75) is 51.1 Å². The Bertz CT molecular complexity index is 1370. The van der Waals surface area contributed by atoms with Crippen molar-refractivity contribution in [3.63, 3.8) is 0 Å². The van der Waals surface area contributed by atoms with Crippen molar-refractivity contribution in [3.8, 4) is 11.5 Å². The van der Waals surface area contributed by atoms with Crippen LogP contribution in [0, 0.1) is 6.92 Å². The number of aryl methyl sites for hydroxylation is 1. The number of nitrogen functional groups attached to an aromatic ring is 1. The van der Waals surface area contributed by atoms with Gasteiger partial charge in [-0.2, -0.15) is 4.37 Å². The summed E-state index contributed by atoms with van der Waals surface area (Å²) >= 11 is 0.770. The maximum atomic E-state index is 14.2. The molecule has 3 aromatic rings. The number of nitrogens with one attached hydrogen (secondary N) is 1. The van der Waals surface area contributed by atoms with E-state index in [0.29, 0.717) is 22.7 Å². The number of aromatic nitrogens is 1. The van der Waals surface area contributed by atoms with Crippen molar-refractivity contribution in [1.29, 1.82) is 0 Å². The summed E-state index contributed by atoms with van der Waals surface area (Å²) in [6.45, 7) is 1.89. The lowest BCUT2D eigenvalue weighted by Crippen LogP contribution is -2.47. The van der Waals surface area contributed by atoms with E-state index in [-0.39, 0.29) is 28.2 Å². The van der Waals surface area contributed by atoms with Gasteiger partial charge in [-0.15, -0.1) is 0 Å². The molecule has 1 fully saturated rings. The average Bonchev–Trinajstić information content (AvgIpc) is 3.32. The van der Waals surface area contributed by atoms with Gasteiger partial charge in [0.05, 0.1) is 19.9 Å². The number of carbonyl (C=O) groups is 3. The first-order chi connectivity index (χ1) is 18.7. The molecule has 206 valence electrons. The van der Waals surface area contributed by atoms with Gasteiger partial charge in [-0.25, -0.2) is 0 Å². The van der Waals surface area contributed by atoms with Gasteiger partial charge in [-0.3, -0.25) is 19.3 Å². The molecule has 39 heavy (non-hydrogen) atoms. The molecule has 1 saturated carbocycles. The molecule has 3 amide bonds. The van der Waals surface area contributed by atoms with Crippen LogP contribution in [0.5, 0.6) is 11.5 Å². The summed E-state index contributed by atoms with van der Waals surface area (Å²) in [6, 6.07) is 11.3. The number of ether oxygens (including phenoxy) is 2. The van der Waals surface area contributed by atoms with Crippen LogP contribution < -0.4 is 31.2 Å². The van der Waals surface area contributed by atoms with Crippen LogP contribution in [-0.2, 0) is 4.79 Å². The van der Waals surface area contributed by atoms with Crippen molar-refractivity contribution in [2.24, 2.45) is 5.73 Å². The Morgan fingerprint density at radius 3 is 2.38 bits per heavy atom. The minimum atomic E-state index is -1.10. The second-order valence-corrected chi connectivity index (χ2v) is 10.3. The quantitative estimate of drug-likeness (QED) is 0.364. The number of rotatable bonds is 9. The Kier molecular flexibility index (Phi) is 8.70. The molecule has 0 spiro atoms. The van der Waals surface area contributed by atoms with Crippen LogP contribution in [0.4, 0.5) is 11.4 Å². The van der Waals surface area contributed by atoms with Crippen molar-refractivity contribution in [1.82, 2.24) is 9.69 Å². The smallest absolute Gasteiger partial charge is 0.273 e. The molecule has 1 aliphatic carbocycles. The van der Waals surface area contributed by atoms with E-state index >= 15 is 0 Å². The third-order valence-electron chi connectivity index (χ3n) is 6.84. The number of nitrogens with two attached hydrogens (primary N) is 2. The predicted octanol–water partition coefficient (Wildman–Crippen LogP) is 3.99. The summed E-state index contributed by atoms with van der Waals surface area (Å²) in [7, 11) is 3.03. The average molecular weight is 552 g/mol. The largest absolute Gasteiger partial charge is 0.493 e. The highest BCUT2D eigenvalue weighted by atomic mass is 32.1. The molecule has 4 rings (SSSR count). The zero-order valence-electron chi connectivity index (χ0n) is 22.2. The normalized spacial score (nSPS) is 14.3. The van der Waals surface area contributed by atoms with Gasteiger partial charge >= 0.3 is 0 Å². The number of primary amides is 1. The Hall–Kier alpha value is -4.12. The number of methoxy groups -OCH3 is 2. The van der Waals surface area contributed by atoms with Gasteiger partial charge in [-0.1, -0.05) is 37.5 Å². The number of nitrogens with zero attached hydrogens (tertiary/aromatic N) is 2. The third-order valence-corrected chi connectivity index (χ3v) is 7.69. The van der Waals surface area contributed by atoms with Gasteiger partial charge in [-0.05, 0) is 66.7 Å². The van der Waals surface area contributed by atoms with Gasteiger partial charge in [0, 0.05) is 11.7 Å². The van der Waals surface area contributed by atoms with E-state index in [1.807, 2.05) is 19.1 Å². The van der Waals surface area contributed by atoms with Gasteiger partial charge in [0.1, 0.15) is 10.9 Å². The minimum absolute atomic E-state index is 0.00158. The van der Waals surface area contributed by atoms with Crippen molar-refractivity contribution in [2.75, 3.05) is 24.9 Å². The second-order valence-electron chi connectivity index (χ2n) is 9.51. The molecule has 11 heteroatoms. The molecule has 2 aromatic carbocycles. The molecule has 0 unspecified atom stereocenters. The number of hydrogen-bond acceptors (Lipinski definition) is 8. The molecule has 0 bridgehead atoms. The number of anilines is 2. The number of benzene rings is 2. The first-order valence-corrected chi connectivity index (χ1v) is 13.5. The summed E-state index contributed by atoms with van der Waals surface area (Å²) < 4.78 is 14.9. The van der Waals surface area contributed by atoms with Crippen molar-refractivity contribution >= 4 is 40.6 Å². The Morgan fingerprint density at radius 2 is 1.77 bits per heavy atom. The maximum absolute atomic E-state index is 14.2. The van der Waals surface area contributed by atoms with E-state index in [1.165, 1.54) is 19.1 Å². The Balaban J connectivity index is 1.89. The lowest BCUT2D eigenvalue weighted by atomic mass is 9.94. The molecule has 0 saturated heterocycles. The minimum Gasteiger partial charge on any atom is -0.493 e. The zero-order chi connectivity index (χ0) is 28.1. The summed E-state index contributed by atoms with van der Waals surface area (Å²) in [4.78, 5) is 41.6. The number of carbonyl (C=O) groups excluding carboxylic acids is 3. The number of amides is 3. The molecule has 1 aliphatic rings. The van der Waals surface area contributed by atoms with Crippen LogP contribution in [0.25, 0.3) is 0 Å². The van der Waals surface area contributed by atoms with Gasteiger partial charge in [0.25, 0.3) is 11.8 Å². The van der Waals surface area contributed by atoms with Crippen molar-refractivity contribution in [3.05, 3.63) is 64.2 Å². The molecular weight excluding hydrogens is 518 g/mol. The molecule has 10 nitrogen and oxygen atoms in total. The molecule has 1 heterocycles. The highest BCUT2D eigenvalue weighted by molar-refractivity contribution is 7.09. The van der Waals surface area contributed by atoms with Crippen LogP contribution in [0.1, 0.15) is 69.4 Å². The first kappa shape index (κ1) is 27.9. The lowest BCUT2D eigenvalue weighted by molar-refractivity contribution is -0.123. The molecule has 5 N–H and O–H groups in total. The number of hydrogen-bond donors (Lipinski definition) is 3. The monoisotopic (exact) mass is 551 g/mol. The van der Waals surface area contributed by atoms with E-state index in [0.717, 1.165) is 49.2 Å². The third kappa shape index (κ3) is 5.98. The molecule has 0 radical (unpaired) electrons. The predicted molar refractivity (Wildman–Crippen MR) is 150 cm³/mol.